The minimum absolute atomic E-state index is 0.0556. The van der Waals surface area contributed by atoms with Crippen LogP contribution < -0.4 is 11.5 Å². The SMILES string of the molecule is C=CC(=O)N(C)C.NC(=O)c1ccccc1C(N)=O. The lowest BCUT2D eigenvalue weighted by Crippen LogP contribution is -2.20. The predicted octanol–water partition coefficient (Wildman–Crippen LogP) is 0.145. The van der Waals surface area contributed by atoms with Crippen molar-refractivity contribution < 1.29 is 14.4 Å². The van der Waals surface area contributed by atoms with Crippen LogP contribution in [0.2, 0.25) is 0 Å². The molecule has 0 fully saturated rings. The average Bonchev–Trinajstić information content (AvgIpc) is 2.38. The summed E-state index contributed by atoms with van der Waals surface area (Å²) in [6, 6.07) is 6.16. The van der Waals surface area contributed by atoms with Crippen LogP contribution in [0.25, 0.3) is 0 Å². The van der Waals surface area contributed by atoms with E-state index in [9.17, 15) is 14.4 Å². The quantitative estimate of drug-likeness (QED) is 0.758. The van der Waals surface area contributed by atoms with Gasteiger partial charge in [-0.25, -0.2) is 0 Å². The molecule has 0 heterocycles. The molecule has 0 unspecified atom stereocenters. The third kappa shape index (κ3) is 5.49. The van der Waals surface area contributed by atoms with Gasteiger partial charge in [0, 0.05) is 14.1 Å². The Bertz CT molecular complexity index is 463. The third-order valence-electron chi connectivity index (χ3n) is 2.07. The zero-order chi connectivity index (χ0) is 15.0. The zero-order valence-corrected chi connectivity index (χ0v) is 10.9. The van der Waals surface area contributed by atoms with E-state index >= 15 is 0 Å². The Morgan fingerprint density at radius 1 is 1.05 bits per heavy atom. The van der Waals surface area contributed by atoms with Gasteiger partial charge >= 0.3 is 0 Å². The molecule has 4 N–H and O–H groups in total. The smallest absolute Gasteiger partial charge is 0.249 e. The first-order valence-electron chi connectivity index (χ1n) is 5.33. The monoisotopic (exact) mass is 263 g/mol. The Morgan fingerprint density at radius 3 is 1.58 bits per heavy atom. The van der Waals surface area contributed by atoms with E-state index in [1.807, 2.05) is 0 Å². The molecule has 19 heavy (non-hydrogen) atoms. The largest absolute Gasteiger partial charge is 0.366 e. The van der Waals surface area contributed by atoms with Crippen molar-refractivity contribution in [2.24, 2.45) is 11.5 Å². The maximum Gasteiger partial charge on any atom is 0.249 e. The van der Waals surface area contributed by atoms with Gasteiger partial charge in [0.25, 0.3) is 0 Å². The molecule has 102 valence electrons. The standard InChI is InChI=1S/C8H8N2O2.C5H9NO/c9-7(11)5-3-1-2-4-6(5)8(10)12;1-4-5(7)6(2)3/h1-4H,(H2,9,11)(H2,10,12);4H,1H2,2-3H3. The fraction of sp³-hybridized carbons (Fsp3) is 0.154. The third-order valence-corrected chi connectivity index (χ3v) is 2.07. The molecule has 1 aromatic rings. The number of hydrogen-bond donors (Lipinski definition) is 2. The van der Waals surface area contributed by atoms with Crippen molar-refractivity contribution in [1.29, 1.82) is 0 Å². The lowest BCUT2D eigenvalue weighted by molar-refractivity contribution is -0.123. The molecule has 3 amide bonds. The number of carbonyl (C=O) groups excluding carboxylic acids is 3. The lowest BCUT2D eigenvalue weighted by Gasteiger charge is -2.03. The summed E-state index contributed by atoms with van der Waals surface area (Å²) in [6.45, 7) is 3.29. The summed E-state index contributed by atoms with van der Waals surface area (Å²) in [6.07, 6.45) is 1.28. The van der Waals surface area contributed by atoms with Gasteiger partial charge in [-0.3, -0.25) is 14.4 Å². The first-order chi connectivity index (χ1) is 8.81. The van der Waals surface area contributed by atoms with Crippen molar-refractivity contribution in [3.8, 4) is 0 Å². The second kappa shape index (κ2) is 7.65. The zero-order valence-electron chi connectivity index (χ0n) is 10.9. The minimum atomic E-state index is -0.649. The fourth-order valence-electron chi connectivity index (χ4n) is 1.10. The van der Waals surface area contributed by atoms with E-state index in [4.69, 9.17) is 11.5 Å². The Labute approximate surface area is 111 Å². The molecule has 6 heteroatoms. The van der Waals surface area contributed by atoms with E-state index in [1.165, 1.54) is 23.1 Å². The molecular weight excluding hydrogens is 246 g/mol. The van der Waals surface area contributed by atoms with E-state index in [2.05, 4.69) is 6.58 Å². The Morgan fingerprint density at radius 2 is 1.42 bits per heavy atom. The van der Waals surface area contributed by atoms with Crippen LogP contribution in [0.1, 0.15) is 20.7 Å². The second-order valence-corrected chi connectivity index (χ2v) is 3.71. The molecule has 0 saturated heterocycles. The van der Waals surface area contributed by atoms with Crippen LogP contribution in [0.5, 0.6) is 0 Å². The molecule has 0 bridgehead atoms. The van der Waals surface area contributed by atoms with Crippen LogP contribution >= 0.6 is 0 Å². The molecule has 0 atom stereocenters. The summed E-state index contributed by atoms with van der Waals surface area (Å²) in [5.41, 5.74) is 10.3. The van der Waals surface area contributed by atoms with Crippen molar-refractivity contribution in [3.63, 3.8) is 0 Å². The van der Waals surface area contributed by atoms with Gasteiger partial charge in [-0.05, 0) is 18.2 Å². The molecule has 0 spiro atoms. The summed E-state index contributed by atoms with van der Waals surface area (Å²) >= 11 is 0. The highest BCUT2D eigenvalue weighted by atomic mass is 16.2. The molecule has 0 radical (unpaired) electrons. The second-order valence-electron chi connectivity index (χ2n) is 3.71. The summed E-state index contributed by atoms with van der Waals surface area (Å²) in [5, 5.41) is 0. The number of rotatable bonds is 3. The highest BCUT2D eigenvalue weighted by Gasteiger charge is 2.10. The first-order valence-corrected chi connectivity index (χ1v) is 5.33. The highest BCUT2D eigenvalue weighted by Crippen LogP contribution is 2.06. The number of amides is 3. The number of carbonyl (C=O) groups is 3. The molecule has 0 aliphatic rings. The van der Waals surface area contributed by atoms with E-state index in [0.29, 0.717) is 0 Å². The van der Waals surface area contributed by atoms with Gasteiger partial charge in [-0.1, -0.05) is 18.7 Å². The molecule has 0 aromatic heterocycles. The van der Waals surface area contributed by atoms with Gasteiger partial charge < -0.3 is 16.4 Å². The van der Waals surface area contributed by atoms with Gasteiger partial charge in [0.1, 0.15) is 0 Å². The van der Waals surface area contributed by atoms with E-state index in [1.54, 1.807) is 26.2 Å². The summed E-state index contributed by atoms with van der Waals surface area (Å²) in [7, 11) is 3.37. The van der Waals surface area contributed by atoms with Gasteiger partial charge in [-0.2, -0.15) is 0 Å². The van der Waals surface area contributed by atoms with Crippen molar-refractivity contribution in [2.45, 2.75) is 0 Å². The average molecular weight is 263 g/mol. The normalized spacial score (nSPS) is 8.74. The fourth-order valence-corrected chi connectivity index (χ4v) is 1.10. The summed E-state index contributed by atoms with van der Waals surface area (Å²) in [5.74, 6) is -1.35. The van der Waals surface area contributed by atoms with E-state index in [-0.39, 0.29) is 17.0 Å². The number of hydrogen-bond acceptors (Lipinski definition) is 3. The van der Waals surface area contributed by atoms with Crippen LogP contribution in [0.15, 0.2) is 36.9 Å². The van der Waals surface area contributed by atoms with E-state index in [0.717, 1.165) is 0 Å². The number of likely N-dealkylation sites (N-methyl/N-ethyl adjacent to an activating group) is 1. The Kier molecular flexibility index (Phi) is 6.59. The first kappa shape index (κ1) is 16.4. The highest BCUT2D eigenvalue weighted by molar-refractivity contribution is 6.06. The summed E-state index contributed by atoms with van der Waals surface area (Å²) < 4.78 is 0. The van der Waals surface area contributed by atoms with Gasteiger partial charge in [-0.15, -0.1) is 0 Å². The maximum atomic E-state index is 10.7. The Hall–Kier alpha value is -2.63. The number of primary amides is 2. The number of nitrogens with zero attached hydrogens (tertiary/aromatic N) is 1. The van der Waals surface area contributed by atoms with Gasteiger partial charge in [0.2, 0.25) is 17.7 Å². The molecule has 1 aromatic carbocycles. The summed E-state index contributed by atoms with van der Waals surface area (Å²) in [4.78, 5) is 33.3. The topological polar surface area (TPSA) is 106 Å². The molecule has 6 nitrogen and oxygen atoms in total. The number of nitrogens with two attached hydrogens (primary N) is 2. The molecule has 0 aliphatic heterocycles. The van der Waals surface area contributed by atoms with Crippen molar-refractivity contribution >= 4 is 17.7 Å². The van der Waals surface area contributed by atoms with Crippen LogP contribution in [-0.4, -0.2) is 36.7 Å². The van der Waals surface area contributed by atoms with E-state index < -0.39 is 11.8 Å². The van der Waals surface area contributed by atoms with Crippen molar-refractivity contribution in [3.05, 3.63) is 48.0 Å². The maximum absolute atomic E-state index is 10.7. The predicted molar refractivity (Wildman–Crippen MR) is 72.4 cm³/mol. The van der Waals surface area contributed by atoms with Crippen LogP contribution in [0.3, 0.4) is 0 Å². The lowest BCUT2D eigenvalue weighted by atomic mass is 10.1. The Balaban J connectivity index is 0.000000399. The molecule has 0 aliphatic carbocycles. The molecular formula is C13H17N3O3. The molecule has 0 saturated carbocycles. The number of benzene rings is 1. The molecule has 1 rings (SSSR count). The van der Waals surface area contributed by atoms with Crippen LogP contribution in [0, 0.1) is 0 Å². The van der Waals surface area contributed by atoms with Crippen molar-refractivity contribution in [2.75, 3.05) is 14.1 Å². The van der Waals surface area contributed by atoms with Crippen LogP contribution in [-0.2, 0) is 4.79 Å². The van der Waals surface area contributed by atoms with Crippen LogP contribution in [0.4, 0.5) is 0 Å². The minimum Gasteiger partial charge on any atom is -0.366 e. The van der Waals surface area contributed by atoms with Gasteiger partial charge in [0.05, 0.1) is 11.1 Å². The van der Waals surface area contributed by atoms with Crippen molar-refractivity contribution in [1.82, 2.24) is 4.90 Å². The van der Waals surface area contributed by atoms with Gasteiger partial charge in [0.15, 0.2) is 0 Å².